The second-order valence-corrected chi connectivity index (χ2v) is 6.46. The van der Waals surface area contributed by atoms with Gasteiger partial charge >= 0.3 is 0 Å². The molecule has 3 rings (SSSR count). The summed E-state index contributed by atoms with van der Waals surface area (Å²) in [5, 5.41) is 2.76. The van der Waals surface area contributed by atoms with Crippen LogP contribution in [0, 0.1) is 0 Å². The van der Waals surface area contributed by atoms with Gasteiger partial charge in [0.1, 0.15) is 6.54 Å². The van der Waals surface area contributed by atoms with Gasteiger partial charge in [-0.15, -0.1) is 0 Å². The number of imide groups is 1. The summed E-state index contributed by atoms with van der Waals surface area (Å²) < 4.78 is 0. The minimum Gasteiger partial charge on any atom is -0.378 e. The van der Waals surface area contributed by atoms with Crippen LogP contribution in [0.1, 0.15) is 21.5 Å². The van der Waals surface area contributed by atoms with Crippen molar-refractivity contribution in [3.05, 3.63) is 65.2 Å². The summed E-state index contributed by atoms with van der Waals surface area (Å²) >= 11 is 0. The van der Waals surface area contributed by atoms with E-state index in [1.165, 1.54) is 0 Å². The maximum absolute atomic E-state index is 12.5. The Kier molecular flexibility index (Phi) is 5.02. The average Bonchev–Trinajstić information content (AvgIpc) is 2.64. The monoisotopic (exact) mass is 351 g/mol. The number of fused-ring (bicyclic) bond motifs is 1. The number of nitrogens with zero attached hydrogens (tertiary/aromatic N) is 2. The minimum absolute atomic E-state index is 0.140. The molecule has 1 heterocycles. The zero-order valence-corrected chi connectivity index (χ0v) is 14.9. The van der Waals surface area contributed by atoms with E-state index in [0.717, 1.165) is 16.2 Å². The largest absolute Gasteiger partial charge is 0.378 e. The van der Waals surface area contributed by atoms with E-state index in [-0.39, 0.29) is 24.8 Å². The number of nitrogens with one attached hydrogen (secondary N) is 1. The van der Waals surface area contributed by atoms with E-state index in [1.54, 1.807) is 24.3 Å². The minimum atomic E-state index is -0.415. The molecule has 26 heavy (non-hydrogen) atoms. The van der Waals surface area contributed by atoms with Crippen LogP contribution < -0.4 is 10.2 Å². The molecule has 0 aromatic heterocycles. The van der Waals surface area contributed by atoms with Crippen LogP contribution in [-0.4, -0.2) is 43.3 Å². The predicted molar refractivity (Wildman–Crippen MR) is 98.8 cm³/mol. The SMILES string of the molecule is CN(C)c1ccc(CNC(=O)CN2C(=O)Cc3ccccc3C2=O)cc1. The Labute approximate surface area is 152 Å². The van der Waals surface area contributed by atoms with E-state index >= 15 is 0 Å². The topological polar surface area (TPSA) is 69.7 Å². The molecular formula is C20H21N3O3. The number of benzene rings is 2. The first-order valence-electron chi connectivity index (χ1n) is 8.41. The molecule has 0 fully saturated rings. The second kappa shape index (κ2) is 7.39. The van der Waals surface area contributed by atoms with Gasteiger partial charge < -0.3 is 10.2 Å². The zero-order chi connectivity index (χ0) is 18.7. The lowest BCUT2D eigenvalue weighted by molar-refractivity contribution is -0.133. The van der Waals surface area contributed by atoms with E-state index in [2.05, 4.69) is 5.32 Å². The lowest BCUT2D eigenvalue weighted by Gasteiger charge is -2.26. The lowest BCUT2D eigenvalue weighted by Crippen LogP contribution is -2.47. The maximum Gasteiger partial charge on any atom is 0.261 e. The Morgan fingerprint density at radius 2 is 1.77 bits per heavy atom. The zero-order valence-electron chi connectivity index (χ0n) is 14.9. The summed E-state index contributed by atoms with van der Waals surface area (Å²) in [4.78, 5) is 39.9. The fourth-order valence-corrected chi connectivity index (χ4v) is 2.87. The highest BCUT2D eigenvalue weighted by molar-refractivity contribution is 6.11. The first-order valence-corrected chi connectivity index (χ1v) is 8.41. The number of carbonyl (C=O) groups is 3. The van der Waals surface area contributed by atoms with Crippen LogP contribution >= 0.6 is 0 Å². The molecule has 2 aromatic rings. The number of anilines is 1. The molecule has 6 heteroatoms. The van der Waals surface area contributed by atoms with Gasteiger partial charge in [-0.1, -0.05) is 30.3 Å². The van der Waals surface area contributed by atoms with Crippen molar-refractivity contribution in [1.29, 1.82) is 0 Å². The Balaban J connectivity index is 1.59. The number of amides is 3. The summed E-state index contributed by atoms with van der Waals surface area (Å²) in [6.45, 7) is 0.0845. The normalized spacial score (nSPS) is 13.4. The summed E-state index contributed by atoms with van der Waals surface area (Å²) in [5.41, 5.74) is 3.22. The van der Waals surface area contributed by atoms with Gasteiger partial charge in [0.05, 0.1) is 6.42 Å². The van der Waals surface area contributed by atoms with Gasteiger partial charge in [-0.2, -0.15) is 0 Å². The molecule has 0 unspecified atom stereocenters. The fourth-order valence-electron chi connectivity index (χ4n) is 2.87. The van der Waals surface area contributed by atoms with Crippen LogP contribution in [0.3, 0.4) is 0 Å². The van der Waals surface area contributed by atoms with E-state index in [0.29, 0.717) is 17.7 Å². The Bertz CT molecular complexity index is 844. The molecule has 0 saturated carbocycles. The fraction of sp³-hybridized carbons (Fsp3) is 0.250. The van der Waals surface area contributed by atoms with E-state index in [1.807, 2.05) is 43.3 Å². The molecule has 0 saturated heterocycles. The van der Waals surface area contributed by atoms with Crippen molar-refractivity contribution in [2.45, 2.75) is 13.0 Å². The van der Waals surface area contributed by atoms with Gasteiger partial charge in [0.25, 0.3) is 5.91 Å². The third-order valence-electron chi connectivity index (χ3n) is 4.38. The van der Waals surface area contributed by atoms with Crippen molar-refractivity contribution in [3.63, 3.8) is 0 Å². The first kappa shape index (κ1) is 17.7. The molecule has 0 spiro atoms. The van der Waals surface area contributed by atoms with Crippen LogP contribution in [0.15, 0.2) is 48.5 Å². The van der Waals surface area contributed by atoms with Crippen LogP contribution in [0.2, 0.25) is 0 Å². The molecule has 0 radical (unpaired) electrons. The van der Waals surface area contributed by atoms with E-state index in [4.69, 9.17) is 0 Å². The molecule has 1 aliphatic heterocycles. The molecule has 2 aromatic carbocycles. The van der Waals surface area contributed by atoms with Crippen LogP contribution in [0.5, 0.6) is 0 Å². The molecule has 3 amide bonds. The standard InChI is InChI=1S/C20H21N3O3/c1-22(2)16-9-7-14(8-10-16)12-21-18(24)13-23-19(25)11-15-5-3-4-6-17(15)20(23)26/h3-10H,11-13H2,1-2H3,(H,21,24). The van der Waals surface area contributed by atoms with Gasteiger partial charge in [0.2, 0.25) is 11.8 Å². The molecule has 1 aliphatic rings. The van der Waals surface area contributed by atoms with E-state index < -0.39 is 5.91 Å². The van der Waals surface area contributed by atoms with Gasteiger partial charge in [-0.25, -0.2) is 0 Å². The third-order valence-corrected chi connectivity index (χ3v) is 4.38. The number of carbonyl (C=O) groups excluding carboxylic acids is 3. The highest BCUT2D eigenvalue weighted by atomic mass is 16.2. The molecule has 0 aliphatic carbocycles. The highest BCUT2D eigenvalue weighted by Crippen LogP contribution is 2.19. The van der Waals surface area contributed by atoms with Crippen molar-refractivity contribution in [2.24, 2.45) is 0 Å². The van der Waals surface area contributed by atoms with Gasteiger partial charge in [0.15, 0.2) is 0 Å². The smallest absolute Gasteiger partial charge is 0.261 e. The Morgan fingerprint density at radius 3 is 2.46 bits per heavy atom. The van der Waals surface area contributed by atoms with Crippen LogP contribution in [-0.2, 0) is 22.6 Å². The van der Waals surface area contributed by atoms with Gasteiger partial charge in [-0.05, 0) is 29.3 Å². The average molecular weight is 351 g/mol. The lowest BCUT2D eigenvalue weighted by atomic mass is 9.98. The predicted octanol–water partition coefficient (Wildman–Crippen LogP) is 1.59. The van der Waals surface area contributed by atoms with Crippen molar-refractivity contribution in [1.82, 2.24) is 10.2 Å². The summed E-state index contributed by atoms with van der Waals surface area (Å²) in [5.74, 6) is -1.12. The first-order chi connectivity index (χ1) is 12.5. The summed E-state index contributed by atoms with van der Waals surface area (Å²) in [6.07, 6.45) is 0.140. The van der Waals surface area contributed by atoms with Crippen molar-refractivity contribution in [2.75, 3.05) is 25.5 Å². The highest BCUT2D eigenvalue weighted by Gasteiger charge is 2.31. The molecule has 1 N–H and O–H groups in total. The quantitative estimate of drug-likeness (QED) is 0.831. The van der Waals surface area contributed by atoms with Crippen LogP contribution in [0.25, 0.3) is 0 Å². The maximum atomic E-state index is 12.5. The Morgan fingerprint density at radius 1 is 1.08 bits per heavy atom. The number of hydrogen-bond donors (Lipinski definition) is 1. The number of hydrogen-bond acceptors (Lipinski definition) is 4. The van der Waals surface area contributed by atoms with Crippen LogP contribution in [0.4, 0.5) is 5.69 Å². The number of rotatable bonds is 5. The summed E-state index contributed by atoms with van der Waals surface area (Å²) in [6, 6.07) is 14.8. The third kappa shape index (κ3) is 3.74. The Hall–Kier alpha value is -3.15. The van der Waals surface area contributed by atoms with Crippen molar-refractivity contribution >= 4 is 23.4 Å². The molecule has 134 valence electrons. The van der Waals surface area contributed by atoms with Gasteiger partial charge in [0, 0.05) is 31.9 Å². The molecule has 6 nitrogen and oxygen atoms in total. The second-order valence-electron chi connectivity index (χ2n) is 6.46. The molecule has 0 bridgehead atoms. The summed E-state index contributed by atoms with van der Waals surface area (Å²) in [7, 11) is 3.92. The van der Waals surface area contributed by atoms with E-state index in [9.17, 15) is 14.4 Å². The molecule has 0 atom stereocenters. The van der Waals surface area contributed by atoms with Gasteiger partial charge in [-0.3, -0.25) is 19.3 Å². The van der Waals surface area contributed by atoms with Crippen molar-refractivity contribution < 1.29 is 14.4 Å². The van der Waals surface area contributed by atoms with Crippen molar-refractivity contribution in [3.8, 4) is 0 Å². The molecular weight excluding hydrogens is 330 g/mol.